The summed E-state index contributed by atoms with van der Waals surface area (Å²) in [6.45, 7) is 2.24. The molecule has 1 aromatic carbocycles. The molecule has 0 saturated heterocycles. The van der Waals surface area contributed by atoms with Gasteiger partial charge in [-0.15, -0.1) is 0 Å². The molecule has 1 atom stereocenters. The largest absolute Gasteiger partial charge is 0.389 e. The van der Waals surface area contributed by atoms with Crippen molar-refractivity contribution in [2.45, 2.75) is 38.6 Å². The van der Waals surface area contributed by atoms with Gasteiger partial charge in [-0.05, 0) is 37.8 Å². The van der Waals surface area contributed by atoms with Crippen molar-refractivity contribution in [2.75, 3.05) is 5.32 Å². The summed E-state index contributed by atoms with van der Waals surface area (Å²) >= 11 is 5.19. The molecule has 1 unspecified atom stereocenters. The molecule has 0 radical (unpaired) electrons. The predicted octanol–water partition coefficient (Wildman–Crippen LogP) is 3.86. The van der Waals surface area contributed by atoms with E-state index in [9.17, 15) is 0 Å². The van der Waals surface area contributed by atoms with Gasteiger partial charge in [0.05, 0.1) is 5.52 Å². The lowest BCUT2D eigenvalue weighted by Crippen LogP contribution is -2.24. The highest BCUT2D eigenvalue weighted by atomic mass is 32.1. The van der Waals surface area contributed by atoms with Gasteiger partial charge < -0.3 is 11.1 Å². The van der Waals surface area contributed by atoms with Crippen molar-refractivity contribution in [2.24, 2.45) is 11.7 Å². The summed E-state index contributed by atoms with van der Waals surface area (Å²) in [5, 5.41) is 4.56. The third-order valence-corrected chi connectivity index (χ3v) is 4.68. The number of rotatable bonds is 4. The van der Waals surface area contributed by atoms with Crippen LogP contribution in [-0.2, 0) is 0 Å². The SMILES string of the molecule is CC(Nc1cc(C(N)=S)c2ccccc2n1)C1CCCC1. The van der Waals surface area contributed by atoms with E-state index in [1.54, 1.807) is 0 Å². The summed E-state index contributed by atoms with van der Waals surface area (Å²) in [4.78, 5) is 5.12. The van der Waals surface area contributed by atoms with Crippen LogP contribution in [0.2, 0.25) is 0 Å². The number of benzene rings is 1. The van der Waals surface area contributed by atoms with E-state index in [4.69, 9.17) is 22.9 Å². The Hall–Kier alpha value is -1.68. The summed E-state index contributed by atoms with van der Waals surface area (Å²) in [5.74, 6) is 1.61. The number of nitrogens with zero attached hydrogens (tertiary/aromatic N) is 1. The molecule has 3 rings (SSSR count). The van der Waals surface area contributed by atoms with Crippen molar-refractivity contribution in [3.05, 3.63) is 35.9 Å². The summed E-state index contributed by atoms with van der Waals surface area (Å²) in [7, 11) is 0. The zero-order valence-corrected chi connectivity index (χ0v) is 13.1. The fourth-order valence-corrected chi connectivity index (χ4v) is 3.43. The Morgan fingerprint density at radius 1 is 1.33 bits per heavy atom. The predicted molar refractivity (Wildman–Crippen MR) is 92.7 cm³/mol. The molecule has 21 heavy (non-hydrogen) atoms. The van der Waals surface area contributed by atoms with E-state index in [0.717, 1.165) is 28.2 Å². The number of thiocarbonyl (C=S) groups is 1. The third kappa shape index (κ3) is 3.00. The molecule has 3 N–H and O–H groups in total. The fourth-order valence-electron chi connectivity index (χ4n) is 3.26. The number of hydrogen-bond donors (Lipinski definition) is 2. The van der Waals surface area contributed by atoms with Crippen LogP contribution < -0.4 is 11.1 Å². The maximum Gasteiger partial charge on any atom is 0.127 e. The smallest absolute Gasteiger partial charge is 0.127 e. The zero-order valence-electron chi connectivity index (χ0n) is 12.3. The van der Waals surface area contributed by atoms with Crippen LogP contribution in [0, 0.1) is 5.92 Å². The maximum absolute atomic E-state index is 5.88. The molecule has 0 bridgehead atoms. The molecule has 1 fully saturated rings. The topological polar surface area (TPSA) is 50.9 Å². The molecule has 1 saturated carbocycles. The Bertz CT molecular complexity index is 662. The zero-order chi connectivity index (χ0) is 14.8. The monoisotopic (exact) mass is 299 g/mol. The van der Waals surface area contributed by atoms with Crippen LogP contribution >= 0.6 is 12.2 Å². The highest BCUT2D eigenvalue weighted by Gasteiger charge is 2.22. The first kappa shape index (κ1) is 14.3. The molecule has 1 heterocycles. The van der Waals surface area contributed by atoms with Gasteiger partial charge in [0.1, 0.15) is 10.8 Å². The van der Waals surface area contributed by atoms with E-state index in [0.29, 0.717) is 11.0 Å². The van der Waals surface area contributed by atoms with Crippen molar-refractivity contribution >= 4 is 33.9 Å². The van der Waals surface area contributed by atoms with Crippen molar-refractivity contribution in [3.8, 4) is 0 Å². The number of anilines is 1. The number of para-hydroxylation sites is 1. The Morgan fingerprint density at radius 3 is 2.76 bits per heavy atom. The first-order valence-electron chi connectivity index (χ1n) is 7.61. The second-order valence-corrected chi connectivity index (χ2v) is 6.35. The van der Waals surface area contributed by atoms with Crippen LogP contribution in [0.15, 0.2) is 30.3 Å². The Kier molecular flexibility index (Phi) is 4.06. The molecule has 4 heteroatoms. The molecular weight excluding hydrogens is 278 g/mol. The lowest BCUT2D eigenvalue weighted by molar-refractivity contribution is 0.481. The summed E-state index contributed by atoms with van der Waals surface area (Å²) in [6.07, 6.45) is 5.31. The highest BCUT2D eigenvalue weighted by molar-refractivity contribution is 7.80. The Balaban J connectivity index is 1.93. The molecule has 2 aromatic rings. The van der Waals surface area contributed by atoms with E-state index in [1.165, 1.54) is 25.7 Å². The average molecular weight is 299 g/mol. The molecule has 0 amide bonds. The summed E-state index contributed by atoms with van der Waals surface area (Å²) < 4.78 is 0. The minimum absolute atomic E-state index is 0.421. The second-order valence-electron chi connectivity index (χ2n) is 5.91. The first-order valence-corrected chi connectivity index (χ1v) is 8.02. The molecule has 0 spiro atoms. The van der Waals surface area contributed by atoms with E-state index < -0.39 is 0 Å². The quantitative estimate of drug-likeness (QED) is 0.842. The number of hydrogen-bond acceptors (Lipinski definition) is 3. The van der Waals surface area contributed by atoms with Gasteiger partial charge in [0.2, 0.25) is 0 Å². The van der Waals surface area contributed by atoms with Crippen LogP contribution in [0.4, 0.5) is 5.82 Å². The Labute approximate surface area is 130 Å². The fraction of sp³-hybridized carbons (Fsp3) is 0.412. The van der Waals surface area contributed by atoms with Crippen molar-refractivity contribution in [1.82, 2.24) is 4.98 Å². The number of fused-ring (bicyclic) bond motifs is 1. The van der Waals surface area contributed by atoms with Crippen LogP contribution in [0.5, 0.6) is 0 Å². The average Bonchev–Trinajstić information content (AvgIpc) is 3.00. The van der Waals surface area contributed by atoms with Crippen molar-refractivity contribution < 1.29 is 0 Å². The molecule has 110 valence electrons. The minimum atomic E-state index is 0.421. The number of aromatic nitrogens is 1. The molecule has 3 nitrogen and oxygen atoms in total. The van der Waals surface area contributed by atoms with E-state index in [-0.39, 0.29) is 0 Å². The van der Waals surface area contributed by atoms with Gasteiger partial charge in [-0.1, -0.05) is 43.3 Å². The molecule has 1 aliphatic carbocycles. The summed E-state index contributed by atoms with van der Waals surface area (Å²) in [5.41, 5.74) is 7.71. The van der Waals surface area contributed by atoms with Crippen molar-refractivity contribution in [1.29, 1.82) is 0 Å². The standard InChI is InChI=1S/C17H21N3S/c1-11(12-6-2-3-7-12)19-16-10-14(17(18)21)13-8-4-5-9-15(13)20-16/h4-5,8-12H,2-3,6-7H2,1H3,(H2,18,21)(H,19,20). The highest BCUT2D eigenvalue weighted by Crippen LogP contribution is 2.29. The lowest BCUT2D eigenvalue weighted by atomic mass is 10.00. The van der Waals surface area contributed by atoms with Gasteiger partial charge in [0.15, 0.2) is 0 Å². The molecule has 1 aromatic heterocycles. The van der Waals surface area contributed by atoms with Crippen LogP contribution in [0.3, 0.4) is 0 Å². The van der Waals surface area contributed by atoms with E-state index in [2.05, 4.69) is 12.2 Å². The maximum atomic E-state index is 5.88. The van der Waals surface area contributed by atoms with E-state index in [1.807, 2.05) is 30.3 Å². The van der Waals surface area contributed by atoms with Gasteiger partial charge in [-0.3, -0.25) is 0 Å². The number of pyridine rings is 1. The van der Waals surface area contributed by atoms with E-state index >= 15 is 0 Å². The van der Waals surface area contributed by atoms with Crippen LogP contribution in [0.1, 0.15) is 38.2 Å². The lowest BCUT2D eigenvalue weighted by Gasteiger charge is -2.21. The van der Waals surface area contributed by atoms with Gasteiger partial charge in [-0.2, -0.15) is 0 Å². The minimum Gasteiger partial charge on any atom is -0.389 e. The second kappa shape index (κ2) is 5.98. The molecule has 0 aliphatic heterocycles. The normalized spacial score (nSPS) is 17.0. The Morgan fingerprint density at radius 2 is 2.05 bits per heavy atom. The number of nitrogens with one attached hydrogen (secondary N) is 1. The molecule has 1 aliphatic rings. The van der Waals surface area contributed by atoms with Gasteiger partial charge >= 0.3 is 0 Å². The van der Waals surface area contributed by atoms with Gasteiger partial charge in [-0.25, -0.2) is 4.98 Å². The number of nitrogens with two attached hydrogens (primary N) is 1. The first-order chi connectivity index (χ1) is 10.1. The third-order valence-electron chi connectivity index (χ3n) is 4.46. The van der Waals surface area contributed by atoms with Crippen LogP contribution in [0.25, 0.3) is 10.9 Å². The van der Waals surface area contributed by atoms with Gasteiger partial charge in [0, 0.05) is 17.0 Å². The van der Waals surface area contributed by atoms with Crippen LogP contribution in [-0.4, -0.2) is 16.0 Å². The van der Waals surface area contributed by atoms with Crippen molar-refractivity contribution in [3.63, 3.8) is 0 Å². The molecular formula is C17H21N3S. The summed E-state index contributed by atoms with van der Waals surface area (Å²) in [6, 6.07) is 10.4. The van der Waals surface area contributed by atoms with Gasteiger partial charge in [0.25, 0.3) is 0 Å².